The predicted molar refractivity (Wildman–Crippen MR) is 58.9 cm³/mol. The van der Waals surface area contributed by atoms with Gasteiger partial charge < -0.3 is 14.6 Å². The van der Waals surface area contributed by atoms with Crippen LogP contribution in [-0.2, 0) is 9.47 Å². The van der Waals surface area contributed by atoms with Gasteiger partial charge in [-0.2, -0.15) is 0 Å². The monoisotopic (exact) mass is 217 g/mol. The van der Waals surface area contributed by atoms with Crippen LogP contribution in [0.15, 0.2) is 0 Å². The summed E-state index contributed by atoms with van der Waals surface area (Å²) in [5, 5.41) is 9.02. The molecular formula is C11H23NO3. The zero-order valence-corrected chi connectivity index (χ0v) is 9.98. The second kappa shape index (κ2) is 6.43. The SMILES string of the molecule is CCOC1CN(C)C(CCO)C1OCC. The molecule has 1 heterocycles. The van der Waals surface area contributed by atoms with Crippen molar-refractivity contribution in [2.45, 2.75) is 38.5 Å². The average molecular weight is 217 g/mol. The number of aliphatic hydroxyl groups excluding tert-OH is 1. The Labute approximate surface area is 92.2 Å². The molecule has 0 spiro atoms. The van der Waals surface area contributed by atoms with E-state index < -0.39 is 0 Å². The Hall–Kier alpha value is -0.160. The lowest BCUT2D eigenvalue weighted by molar-refractivity contribution is -0.0536. The molecule has 4 heteroatoms. The molecule has 3 unspecified atom stereocenters. The van der Waals surface area contributed by atoms with Gasteiger partial charge in [-0.25, -0.2) is 0 Å². The second-order valence-electron chi connectivity index (χ2n) is 3.93. The van der Waals surface area contributed by atoms with Gasteiger partial charge in [0.25, 0.3) is 0 Å². The van der Waals surface area contributed by atoms with Crippen molar-refractivity contribution < 1.29 is 14.6 Å². The zero-order chi connectivity index (χ0) is 11.3. The lowest BCUT2D eigenvalue weighted by Crippen LogP contribution is -2.38. The first-order valence-electron chi connectivity index (χ1n) is 5.78. The fraction of sp³-hybridized carbons (Fsp3) is 1.00. The van der Waals surface area contributed by atoms with Crippen molar-refractivity contribution in [3.8, 4) is 0 Å². The molecule has 0 bridgehead atoms. The molecule has 0 amide bonds. The van der Waals surface area contributed by atoms with Crippen LogP contribution in [0.25, 0.3) is 0 Å². The van der Waals surface area contributed by atoms with Gasteiger partial charge in [0.15, 0.2) is 0 Å². The minimum atomic E-state index is 0.104. The number of hydrogen-bond donors (Lipinski definition) is 1. The Kier molecular flexibility index (Phi) is 5.53. The van der Waals surface area contributed by atoms with Gasteiger partial charge in [0.1, 0.15) is 6.10 Å². The van der Waals surface area contributed by atoms with Gasteiger partial charge in [0.2, 0.25) is 0 Å². The molecule has 1 aliphatic rings. The number of likely N-dealkylation sites (tertiary alicyclic amines) is 1. The molecule has 1 rings (SSSR count). The number of nitrogens with zero attached hydrogens (tertiary/aromatic N) is 1. The highest BCUT2D eigenvalue weighted by molar-refractivity contribution is 4.93. The van der Waals surface area contributed by atoms with Crippen molar-refractivity contribution in [1.29, 1.82) is 0 Å². The molecule has 0 aromatic rings. The Morgan fingerprint density at radius 3 is 2.47 bits per heavy atom. The Morgan fingerprint density at radius 2 is 1.93 bits per heavy atom. The van der Waals surface area contributed by atoms with Crippen LogP contribution in [0.1, 0.15) is 20.3 Å². The minimum Gasteiger partial charge on any atom is -0.396 e. The summed E-state index contributed by atoms with van der Waals surface area (Å²) >= 11 is 0. The third kappa shape index (κ3) is 3.14. The summed E-state index contributed by atoms with van der Waals surface area (Å²) in [5.41, 5.74) is 0. The van der Waals surface area contributed by atoms with Crippen molar-refractivity contribution in [2.75, 3.05) is 33.4 Å². The molecule has 15 heavy (non-hydrogen) atoms. The maximum absolute atomic E-state index is 9.02. The van der Waals surface area contributed by atoms with Gasteiger partial charge in [-0.05, 0) is 27.3 Å². The van der Waals surface area contributed by atoms with Crippen molar-refractivity contribution >= 4 is 0 Å². The Morgan fingerprint density at radius 1 is 1.27 bits per heavy atom. The molecule has 0 radical (unpaired) electrons. The highest BCUT2D eigenvalue weighted by atomic mass is 16.5. The highest BCUT2D eigenvalue weighted by Gasteiger charge is 2.40. The first-order chi connectivity index (χ1) is 7.24. The molecule has 3 atom stereocenters. The van der Waals surface area contributed by atoms with Crippen LogP contribution in [0.4, 0.5) is 0 Å². The van der Waals surface area contributed by atoms with Crippen LogP contribution in [0, 0.1) is 0 Å². The fourth-order valence-electron chi connectivity index (χ4n) is 2.31. The van der Waals surface area contributed by atoms with E-state index in [-0.39, 0.29) is 24.9 Å². The van der Waals surface area contributed by atoms with Gasteiger partial charge in [-0.3, -0.25) is 4.90 Å². The summed E-state index contributed by atoms with van der Waals surface area (Å²) in [5.74, 6) is 0. The number of hydrogen-bond acceptors (Lipinski definition) is 4. The van der Waals surface area contributed by atoms with Crippen molar-refractivity contribution in [1.82, 2.24) is 4.90 Å². The molecule has 0 aliphatic carbocycles. The van der Waals surface area contributed by atoms with E-state index in [2.05, 4.69) is 11.9 Å². The smallest absolute Gasteiger partial charge is 0.100 e. The van der Waals surface area contributed by atoms with E-state index in [4.69, 9.17) is 14.6 Å². The molecule has 1 N–H and O–H groups in total. The fourth-order valence-corrected chi connectivity index (χ4v) is 2.31. The first kappa shape index (κ1) is 12.9. The molecule has 0 saturated carbocycles. The number of ether oxygens (including phenoxy) is 2. The Balaban J connectivity index is 2.59. The lowest BCUT2D eigenvalue weighted by Gasteiger charge is -2.25. The Bertz CT molecular complexity index is 177. The topological polar surface area (TPSA) is 41.9 Å². The largest absolute Gasteiger partial charge is 0.396 e. The summed E-state index contributed by atoms with van der Waals surface area (Å²) in [6.07, 6.45) is 1.01. The predicted octanol–water partition coefficient (Wildman–Crippen LogP) is 0.493. The van der Waals surface area contributed by atoms with E-state index in [1.54, 1.807) is 0 Å². The molecule has 1 aliphatic heterocycles. The van der Waals surface area contributed by atoms with E-state index >= 15 is 0 Å². The van der Waals surface area contributed by atoms with Crippen LogP contribution in [-0.4, -0.2) is 61.7 Å². The molecule has 1 fully saturated rings. The van der Waals surface area contributed by atoms with Crippen molar-refractivity contribution in [3.63, 3.8) is 0 Å². The normalized spacial score (nSPS) is 32.4. The lowest BCUT2D eigenvalue weighted by atomic mass is 10.1. The summed E-state index contributed by atoms with van der Waals surface area (Å²) in [4.78, 5) is 2.22. The molecule has 0 aromatic heterocycles. The highest BCUT2D eigenvalue weighted by Crippen LogP contribution is 2.24. The maximum Gasteiger partial charge on any atom is 0.100 e. The van der Waals surface area contributed by atoms with Gasteiger partial charge in [0.05, 0.1) is 6.10 Å². The van der Waals surface area contributed by atoms with E-state index in [1.165, 1.54) is 0 Å². The molecule has 90 valence electrons. The number of rotatable bonds is 6. The summed E-state index contributed by atoms with van der Waals surface area (Å²) in [6, 6.07) is 0.284. The summed E-state index contributed by atoms with van der Waals surface area (Å²) in [6.45, 7) is 6.51. The van der Waals surface area contributed by atoms with Crippen LogP contribution in [0.3, 0.4) is 0 Å². The van der Waals surface area contributed by atoms with E-state index in [0.717, 1.165) is 13.0 Å². The second-order valence-corrected chi connectivity index (χ2v) is 3.93. The number of likely N-dealkylation sites (N-methyl/N-ethyl adjacent to an activating group) is 1. The molecule has 0 aromatic carbocycles. The van der Waals surface area contributed by atoms with Crippen LogP contribution in [0.2, 0.25) is 0 Å². The van der Waals surface area contributed by atoms with Crippen LogP contribution >= 0.6 is 0 Å². The summed E-state index contributed by atoms with van der Waals surface area (Å²) in [7, 11) is 2.06. The van der Waals surface area contributed by atoms with Gasteiger partial charge in [-0.15, -0.1) is 0 Å². The van der Waals surface area contributed by atoms with Gasteiger partial charge >= 0.3 is 0 Å². The van der Waals surface area contributed by atoms with E-state index in [1.807, 2.05) is 13.8 Å². The third-order valence-corrected chi connectivity index (χ3v) is 2.94. The first-order valence-corrected chi connectivity index (χ1v) is 5.78. The standard InChI is InChI=1S/C11H23NO3/c1-4-14-10-8-12(3)9(6-7-13)11(10)15-5-2/h9-11,13H,4-8H2,1-3H3. The average Bonchev–Trinajstić information content (AvgIpc) is 2.48. The number of aliphatic hydroxyl groups is 1. The van der Waals surface area contributed by atoms with Crippen molar-refractivity contribution in [3.05, 3.63) is 0 Å². The van der Waals surface area contributed by atoms with Crippen molar-refractivity contribution in [2.24, 2.45) is 0 Å². The van der Waals surface area contributed by atoms with E-state index in [0.29, 0.717) is 13.2 Å². The van der Waals surface area contributed by atoms with E-state index in [9.17, 15) is 0 Å². The molecular weight excluding hydrogens is 194 g/mol. The third-order valence-electron chi connectivity index (χ3n) is 2.94. The molecule has 1 saturated heterocycles. The van der Waals surface area contributed by atoms with Crippen LogP contribution in [0.5, 0.6) is 0 Å². The van der Waals surface area contributed by atoms with Crippen LogP contribution < -0.4 is 0 Å². The summed E-state index contributed by atoms with van der Waals surface area (Å²) < 4.78 is 11.4. The van der Waals surface area contributed by atoms with Gasteiger partial charge in [-0.1, -0.05) is 0 Å². The quantitative estimate of drug-likeness (QED) is 0.703. The molecule has 4 nitrogen and oxygen atoms in total. The minimum absolute atomic E-state index is 0.104. The zero-order valence-electron chi connectivity index (χ0n) is 9.98. The van der Waals surface area contributed by atoms with Gasteiger partial charge in [0, 0.05) is 32.4 Å². The maximum atomic E-state index is 9.02.